The van der Waals surface area contributed by atoms with Crippen LogP contribution in [-0.2, 0) is 19.1 Å². The zero-order chi connectivity index (χ0) is 17.4. The zero-order valence-corrected chi connectivity index (χ0v) is 13.7. The number of amides is 2. The number of nitrogens with one attached hydrogen (secondary N) is 1. The van der Waals surface area contributed by atoms with Gasteiger partial charge in [-0.25, -0.2) is 0 Å². The van der Waals surface area contributed by atoms with Crippen LogP contribution in [0.4, 0.5) is 0 Å². The molecule has 0 radical (unpaired) electrons. The lowest BCUT2D eigenvalue weighted by molar-refractivity contribution is -0.141. The van der Waals surface area contributed by atoms with E-state index in [1.54, 1.807) is 17.1 Å². The maximum Gasteiger partial charge on any atom is 0.325 e. The monoisotopic (exact) mass is 330 g/mol. The molecular weight excluding hydrogens is 308 g/mol. The molecule has 6 heteroatoms. The molecule has 0 unspecified atom stereocenters. The number of carbonyl (C=O) groups excluding carboxylic acids is 3. The summed E-state index contributed by atoms with van der Waals surface area (Å²) in [6, 6.07) is 9.63. The van der Waals surface area contributed by atoms with Gasteiger partial charge in [-0.3, -0.25) is 14.4 Å². The fourth-order valence-electron chi connectivity index (χ4n) is 2.57. The van der Waals surface area contributed by atoms with Crippen molar-refractivity contribution in [3.05, 3.63) is 42.0 Å². The Labute approximate surface area is 141 Å². The smallest absolute Gasteiger partial charge is 0.325 e. The maximum atomic E-state index is 12.2. The quantitative estimate of drug-likeness (QED) is 0.651. The van der Waals surface area contributed by atoms with Crippen LogP contribution in [-0.4, -0.2) is 49.4 Å². The first-order chi connectivity index (χ1) is 11.6. The number of benzene rings is 1. The molecule has 0 saturated carbocycles. The van der Waals surface area contributed by atoms with Gasteiger partial charge in [-0.1, -0.05) is 30.3 Å². The molecule has 1 aromatic carbocycles. The molecule has 1 aliphatic heterocycles. The topological polar surface area (TPSA) is 75.7 Å². The Morgan fingerprint density at radius 3 is 2.50 bits per heavy atom. The molecule has 2 rings (SSSR count). The van der Waals surface area contributed by atoms with Crippen molar-refractivity contribution in [2.45, 2.75) is 12.8 Å². The molecule has 0 aromatic heterocycles. The molecule has 24 heavy (non-hydrogen) atoms. The van der Waals surface area contributed by atoms with Crippen molar-refractivity contribution in [2.24, 2.45) is 5.92 Å². The van der Waals surface area contributed by atoms with Crippen LogP contribution in [0.5, 0.6) is 0 Å². The number of nitrogens with zero attached hydrogens (tertiary/aromatic N) is 1. The highest BCUT2D eigenvalue weighted by Gasteiger charge is 2.26. The van der Waals surface area contributed by atoms with Gasteiger partial charge in [0.2, 0.25) is 11.8 Å². The van der Waals surface area contributed by atoms with Gasteiger partial charge in [0.05, 0.1) is 7.11 Å². The fraction of sp³-hybridized carbons (Fsp3) is 0.389. The highest BCUT2D eigenvalue weighted by Crippen LogP contribution is 2.17. The van der Waals surface area contributed by atoms with Gasteiger partial charge in [0, 0.05) is 25.1 Å². The summed E-state index contributed by atoms with van der Waals surface area (Å²) in [4.78, 5) is 36.9. The second-order valence-electron chi connectivity index (χ2n) is 5.64. The molecule has 0 bridgehead atoms. The van der Waals surface area contributed by atoms with Crippen molar-refractivity contribution in [3.8, 4) is 0 Å². The molecule has 1 N–H and O–H groups in total. The van der Waals surface area contributed by atoms with Crippen molar-refractivity contribution >= 4 is 23.9 Å². The fourth-order valence-corrected chi connectivity index (χ4v) is 2.57. The molecule has 1 aliphatic rings. The Balaban J connectivity index is 1.77. The number of ether oxygens (including phenoxy) is 1. The van der Waals surface area contributed by atoms with Crippen LogP contribution < -0.4 is 5.32 Å². The Kier molecular flexibility index (Phi) is 6.54. The Hall–Kier alpha value is -2.63. The van der Waals surface area contributed by atoms with E-state index in [-0.39, 0.29) is 24.3 Å². The number of hydrogen-bond donors (Lipinski definition) is 1. The average Bonchev–Trinajstić information content (AvgIpc) is 2.64. The summed E-state index contributed by atoms with van der Waals surface area (Å²) in [5.41, 5.74) is 0.975. The van der Waals surface area contributed by atoms with Gasteiger partial charge in [-0.15, -0.1) is 0 Å². The van der Waals surface area contributed by atoms with E-state index in [2.05, 4.69) is 10.1 Å². The number of likely N-dealkylation sites (tertiary alicyclic amines) is 1. The van der Waals surface area contributed by atoms with Gasteiger partial charge in [0.1, 0.15) is 6.54 Å². The van der Waals surface area contributed by atoms with Gasteiger partial charge in [-0.2, -0.15) is 0 Å². The van der Waals surface area contributed by atoms with E-state index >= 15 is 0 Å². The van der Waals surface area contributed by atoms with Crippen LogP contribution in [0.2, 0.25) is 0 Å². The summed E-state index contributed by atoms with van der Waals surface area (Å²) in [6.07, 6.45) is 4.54. The van der Waals surface area contributed by atoms with Gasteiger partial charge >= 0.3 is 5.97 Å². The van der Waals surface area contributed by atoms with Gasteiger partial charge in [-0.05, 0) is 24.5 Å². The summed E-state index contributed by atoms with van der Waals surface area (Å²) in [7, 11) is 1.28. The highest BCUT2D eigenvalue weighted by atomic mass is 16.5. The van der Waals surface area contributed by atoms with E-state index in [1.807, 2.05) is 30.3 Å². The number of esters is 1. The first kappa shape index (κ1) is 17.7. The van der Waals surface area contributed by atoms with E-state index in [9.17, 15) is 14.4 Å². The lowest BCUT2D eigenvalue weighted by Crippen LogP contribution is -2.43. The number of rotatable bonds is 5. The van der Waals surface area contributed by atoms with Crippen LogP contribution >= 0.6 is 0 Å². The van der Waals surface area contributed by atoms with Crippen LogP contribution in [0.15, 0.2) is 36.4 Å². The molecule has 0 aliphatic carbocycles. The summed E-state index contributed by atoms with van der Waals surface area (Å²) < 4.78 is 4.49. The molecule has 0 atom stereocenters. The predicted octanol–water partition coefficient (Wildman–Crippen LogP) is 1.23. The first-order valence-corrected chi connectivity index (χ1v) is 7.96. The second kappa shape index (κ2) is 8.86. The van der Waals surface area contributed by atoms with Crippen molar-refractivity contribution in [1.29, 1.82) is 0 Å². The number of carbonyl (C=O) groups is 3. The van der Waals surface area contributed by atoms with E-state index in [4.69, 9.17) is 0 Å². The number of piperidine rings is 1. The number of methoxy groups -OCH3 is 1. The average molecular weight is 330 g/mol. The van der Waals surface area contributed by atoms with E-state index in [0.29, 0.717) is 25.9 Å². The summed E-state index contributed by atoms with van der Waals surface area (Å²) in [5, 5.41) is 2.56. The first-order valence-electron chi connectivity index (χ1n) is 7.96. The molecule has 1 fully saturated rings. The number of hydrogen-bond acceptors (Lipinski definition) is 4. The van der Waals surface area contributed by atoms with Crippen molar-refractivity contribution in [3.63, 3.8) is 0 Å². The standard InChI is InChI=1S/C18H22N2O4/c1-24-17(22)13-19-18(23)15-9-11-20(12-10-15)16(21)8-7-14-5-3-2-4-6-14/h2-8,15H,9-13H2,1H3,(H,19,23). The molecule has 1 heterocycles. The van der Waals surface area contributed by atoms with E-state index in [0.717, 1.165) is 5.56 Å². The zero-order valence-electron chi connectivity index (χ0n) is 13.7. The minimum Gasteiger partial charge on any atom is -0.468 e. The highest BCUT2D eigenvalue weighted by molar-refractivity contribution is 5.92. The largest absolute Gasteiger partial charge is 0.468 e. The summed E-state index contributed by atoms with van der Waals surface area (Å²) in [5.74, 6) is -0.849. The maximum absolute atomic E-state index is 12.2. The third-order valence-corrected chi connectivity index (χ3v) is 4.03. The van der Waals surface area contributed by atoms with E-state index < -0.39 is 5.97 Å². The Bertz CT molecular complexity index is 605. The third kappa shape index (κ3) is 5.22. The van der Waals surface area contributed by atoms with Gasteiger partial charge in [0.15, 0.2) is 0 Å². The third-order valence-electron chi connectivity index (χ3n) is 4.03. The van der Waals surface area contributed by atoms with Crippen molar-refractivity contribution < 1.29 is 19.1 Å². The normalized spacial score (nSPS) is 15.3. The molecule has 0 spiro atoms. The van der Waals surface area contributed by atoms with Gasteiger partial charge in [0.25, 0.3) is 0 Å². The van der Waals surface area contributed by atoms with Crippen LogP contribution in [0.1, 0.15) is 18.4 Å². The Morgan fingerprint density at radius 1 is 1.21 bits per heavy atom. The summed E-state index contributed by atoms with van der Waals surface area (Å²) >= 11 is 0. The van der Waals surface area contributed by atoms with E-state index in [1.165, 1.54) is 7.11 Å². The van der Waals surface area contributed by atoms with Crippen LogP contribution in [0, 0.1) is 5.92 Å². The van der Waals surface area contributed by atoms with Crippen LogP contribution in [0.25, 0.3) is 6.08 Å². The lowest BCUT2D eigenvalue weighted by atomic mass is 9.96. The van der Waals surface area contributed by atoms with Gasteiger partial charge < -0.3 is 15.0 Å². The predicted molar refractivity (Wildman–Crippen MR) is 89.8 cm³/mol. The van der Waals surface area contributed by atoms with Crippen LogP contribution in [0.3, 0.4) is 0 Å². The molecule has 1 saturated heterocycles. The molecule has 1 aromatic rings. The SMILES string of the molecule is COC(=O)CNC(=O)C1CCN(C(=O)C=Cc2ccccc2)CC1. The van der Waals surface area contributed by atoms with Crippen molar-refractivity contribution in [2.75, 3.05) is 26.7 Å². The van der Waals surface area contributed by atoms with Crippen molar-refractivity contribution in [1.82, 2.24) is 10.2 Å². The molecule has 2 amide bonds. The molecule has 6 nitrogen and oxygen atoms in total. The minimum absolute atomic E-state index is 0.0488. The molecule has 128 valence electrons. The Morgan fingerprint density at radius 2 is 1.88 bits per heavy atom. The molecular formula is C18H22N2O4. The minimum atomic E-state index is -0.470. The lowest BCUT2D eigenvalue weighted by Gasteiger charge is -2.30. The summed E-state index contributed by atoms with van der Waals surface area (Å²) in [6.45, 7) is 0.955. The second-order valence-corrected chi connectivity index (χ2v) is 5.64.